The van der Waals surface area contributed by atoms with Crippen molar-refractivity contribution >= 4 is 28.1 Å². The van der Waals surface area contributed by atoms with Crippen molar-refractivity contribution in [2.24, 2.45) is 5.92 Å². The Morgan fingerprint density at radius 2 is 2.19 bits per heavy atom. The van der Waals surface area contributed by atoms with Crippen LogP contribution in [-0.4, -0.2) is 9.96 Å². The third kappa shape index (κ3) is 3.80. The van der Waals surface area contributed by atoms with Gasteiger partial charge >= 0.3 is 0 Å². The first kappa shape index (κ1) is 13.5. The molecule has 1 aromatic rings. The van der Waals surface area contributed by atoms with Crippen LogP contribution in [0.2, 0.25) is 5.02 Å². The predicted molar refractivity (Wildman–Crippen MR) is 71.2 cm³/mol. The van der Waals surface area contributed by atoms with E-state index in [2.05, 4.69) is 13.8 Å². The smallest absolute Gasteiger partial charge is 0.0587 e. The molecule has 2 unspecified atom stereocenters. The summed E-state index contributed by atoms with van der Waals surface area (Å²) in [5, 5.41) is 0.502. The van der Waals surface area contributed by atoms with Gasteiger partial charge in [-0.2, -0.15) is 0 Å². The summed E-state index contributed by atoms with van der Waals surface area (Å²) in [5.74, 6) is 1.12. The Bertz CT molecular complexity index is 381. The standard InChI is InChI=1S/C12H18ClNOS/c1-3-4-9(2)8-16(15)12-6-5-10(14)7-11(12)13/h5-7,9H,3-4,8,14H2,1-2H3. The van der Waals surface area contributed by atoms with Crippen LogP contribution in [0.3, 0.4) is 0 Å². The number of hydrogen-bond donors (Lipinski definition) is 1. The van der Waals surface area contributed by atoms with E-state index in [1.807, 2.05) is 0 Å². The van der Waals surface area contributed by atoms with Crippen molar-refractivity contribution in [3.63, 3.8) is 0 Å². The second-order valence-corrected chi connectivity index (χ2v) is 5.97. The molecule has 1 aromatic carbocycles. The molecule has 0 radical (unpaired) electrons. The lowest BCUT2D eigenvalue weighted by molar-refractivity contribution is 0.574. The highest BCUT2D eigenvalue weighted by Gasteiger charge is 2.12. The highest BCUT2D eigenvalue weighted by molar-refractivity contribution is 7.85. The van der Waals surface area contributed by atoms with Gasteiger partial charge in [-0.1, -0.05) is 38.3 Å². The maximum absolute atomic E-state index is 12.0. The van der Waals surface area contributed by atoms with E-state index >= 15 is 0 Å². The summed E-state index contributed by atoms with van der Waals surface area (Å²) < 4.78 is 12.0. The molecule has 0 amide bonds. The van der Waals surface area contributed by atoms with Crippen LogP contribution in [-0.2, 0) is 10.8 Å². The zero-order valence-electron chi connectivity index (χ0n) is 9.70. The molecule has 0 aliphatic carbocycles. The molecule has 0 spiro atoms. The normalized spacial score (nSPS) is 14.7. The van der Waals surface area contributed by atoms with Crippen LogP contribution in [0.15, 0.2) is 23.1 Å². The van der Waals surface area contributed by atoms with Gasteiger partial charge in [-0.25, -0.2) is 0 Å². The molecule has 2 nitrogen and oxygen atoms in total. The molecule has 0 fully saturated rings. The van der Waals surface area contributed by atoms with E-state index in [1.165, 1.54) is 0 Å². The molecule has 4 heteroatoms. The lowest BCUT2D eigenvalue weighted by atomic mass is 10.1. The Kier molecular flexibility index (Phi) is 5.29. The number of rotatable bonds is 5. The Labute approximate surface area is 105 Å². The Morgan fingerprint density at radius 3 is 2.75 bits per heavy atom. The van der Waals surface area contributed by atoms with Gasteiger partial charge in [0.1, 0.15) is 0 Å². The molecule has 90 valence electrons. The van der Waals surface area contributed by atoms with Gasteiger partial charge in [0, 0.05) is 11.4 Å². The maximum Gasteiger partial charge on any atom is 0.0587 e. The summed E-state index contributed by atoms with van der Waals surface area (Å²) in [4.78, 5) is 0.693. The van der Waals surface area contributed by atoms with E-state index in [0.717, 1.165) is 12.8 Å². The average molecular weight is 260 g/mol. The van der Waals surface area contributed by atoms with E-state index in [1.54, 1.807) is 18.2 Å². The summed E-state index contributed by atoms with van der Waals surface area (Å²) in [6.45, 7) is 4.25. The van der Waals surface area contributed by atoms with E-state index < -0.39 is 10.8 Å². The fraction of sp³-hybridized carbons (Fsp3) is 0.500. The average Bonchev–Trinajstić information content (AvgIpc) is 2.17. The molecular weight excluding hydrogens is 242 g/mol. The fourth-order valence-corrected chi connectivity index (χ4v) is 3.43. The Balaban J connectivity index is 2.73. The molecule has 0 saturated carbocycles. The van der Waals surface area contributed by atoms with Crippen molar-refractivity contribution in [1.82, 2.24) is 0 Å². The van der Waals surface area contributed by atoms with E-state index in [0.29, 0.717) is 27.3 Å². The monoisotopic (exact) mass is 259 g/mol. The van der Waals surface area contributed by atoms with Crippen molar-refractivity contribution in [2.75, 3.05) is 11.5 Å². The van der Waals surface area contributed by atoms with Crippen LogP contribution in [0, 0.1) is 5.92 Å². The minimum absolute atomic E-state index is 0.458. The molecule has 0 heterocycles. The predicted octanol–water partition coefficient (Wildman–Crippen LogP) is 3.47. The SMILES string of the molecule is CCCC(C)CS(=O)c1ccc(N)cc1Cl. The van der Waals surface area contributed by atoms with Gasteiger partial charge in [-0.3, -0.25) is 4.21 Å². The second kappa shape index (κ2) is 6.26. The second-order valence-electron chi connectivity index (χ2n) is 4.10. The summed E-state index contributed by atoms with van der Waals surface area (Å²) >= 11 is 6.01. The van der Waals surface area contributed by atoms with Crippen molar-refractivity contribution in [2.45, 2.75) is 31.6 Å². The first-order valence-electron chi connectivity index (χ1n) is 5.48. The highest BCUT2D eigenvalue weighted by Crippen LogP contribution is 2.24. The number of nitrogen functional groups attached to an aromatic ring is 1. The number of hydrogen-bond acceptors (Lipinski definition) is 2. The molecule has 2 N–H and O–H groups in total. The van der Waals surface area contributed by atoms with Gasteiger partial charge in [0.15, 0.2) is 0 Å². The quantitative estimate of drug-likeness (QED) is 0.823. The van der Waals surface area contributed by atoms with Crippen LogP contribution >= 0.6 is 11.6 Å². The lowest BCUT2D eigenvalue weighted by Gasteiger charge is -2.10. The Morgan fingerprint density at radius 1 is 1.50 bits per heavy atom. The van der Waals surface area contributed by atoms with Gasteiger partial charge in [-0.05, 0) is 24.1 Å². The highest BCUT2D eigenvalue weighted by atomic mass is 35.5. The third-order valence-corrected chi connectivity index (χ3v) is 4.56. The summed E-state index contributed by atoms with van der Waals surface area (Å²) in [6.07, 6.45) is 2.21. The molecule has 0 aliphatic heterocycles. The van der Waals surface area contributed by atoms with Crippen LogP contribution in [0.4, 0.5) is 5.69 Å². The first-order valence-corrected chi connectivity index (χ1v) is 7.17. The number of halogens is 1. The van der Waals surface area contributed by atoms with E-state index in [9.17, 15) is 4.21 Å². The van der Waals surface area contributed by atoms with Crippen molar-refractivity contribution in [3.05, 3.63) is 23.2 Å². The van der Waals surface area contributed by atoms with Crippen LogP contribution in [0.5, 0.6) is 0 Å². The lowest BCUT2D eigenvalue weighted by Crippen LogP contribution is -2.08. The van der Waals surface area contributed by atoms with Crippen molar-refractivity contribution in [1.29, 1.82) is 0 Å². The maximum atomic E-state index is 12.0. The molecule has 16 heavy (non-hydrogen) atoms. The number of nitrogens with two attached hydrogens (primary N) is 1. The molecule has 2 atom stereocenters. The zero-order valence-corrected chi connectivity index (χ0v) is 11.3. The van der Waals surface area contributed by atoms with Crippen molar-refractivity contribution in [3.8, 4) is 0 Å². The van der Waals surface area contributed by atoms with Gasteiger partial charge in [0.25, 0.3) is 0 Å². The summed E-state index contributed by atoms with van der Waals surface area (Å²) in [6, 6.07) is 5.15. The van der Waals surface area contributed by atoms with Gasteiger partial charge in [0.2, 0.25) is 0 Å². The number of benzene rings is 1. The number of anilines is 1. The first-order chi connectivity index (χ1) is 7.54. The van der Waals surface area contributed by atoms with Gasteiger partial charge in [0.05, 0.1) is 20.7 Å². The molecular formula is C12H18ClNOS. The molecule has 0 bridgehead atoms. The van der Waals surface area contributed by atoms with Crippen LogP contribution < -0.4 is 5.73 Å². The molecule has 0 aliphatic rings. The van der Waals surface area contributed by atoms with E-state index in [4.69, 9.17) is 17.3 Å². The third-order valence-electron chi connectivity index (χ3n) is 2.42. The minimum Gasteiger partial charge on any atom is -0.399 e. The van der Waals surface area contributed by atoms with Crippen LogP contribution in [0.25, 0.3) is 0 Å². The summed E-state index contributed by atoms with van der Waals surface area (Å²) in [7, 11) is -1.02. The van der Waals surface area contributed by atoms with Gasteiger partial charge < -0.3 is 5.73 Å². The van der Waals surface area contributed by atoms with Gasteiger partial charge in [-0.15, -0.1) is 0 Å². The topological polar surface area (TPSA) is 43.1 Å². The fourth-order valence-electron chi connectivity index (χ4n) is 1.63. The summed E-state index contributed by atoms with van der Waals surface area (Å²) in [5.41, 5.74) is 6.20. The zero-order chi connectivity index (χ0) is 12.1. The van der Waals surface area contributed by atoms with Crippen molar-refractivity contribution < 1.29 is 4.21 Å². The largest absolute Gasteiger partial charge is 0.399 e. The van der Waals surface area contributed by atoms with E-state index in [-0.39, 0.29) is 0 Å². The molecule has 0 saturated heterocycles. The molecule has 0 aromatic heterocycles. The molecule has 1 rings (SSSR count). The van der Waals surface area contributed by atoms with Crippen LogP contribution in [0.1, 0.15) is 26.7 Å². The minimum atomic E-state index is -1.02. The Hall–Kier alpha value is -0.540.